The Hall–Kier alpha value is -2.46. The quantitative estimate of drug-likeness (QED) is 0.844. The van der Waals surface area contributed by atoms with Crippen LogP contribution in [-0.2, 0) is 11.2 Å². The highest BCUT2D eigenvalue weighted by Crippen LogP contribution is 2.31. The Labute approximate surface area is 123 Å². The highest BCUT2D eigenvalue weighted by atomic mass is 16.3. The number of aromatic nitrogens is 1. The van der Waals surface area contributed by atoms with Crippen LogP contribution in [0.3, 0.4) is 0 Å². The van der Waals surface area contributed by atoms with Crippen LogP contribution in [0.2, 0.25) is 0 Å². The van der Waals surface area contributed by atoms with Crippen molar-refractivity contribution in [2.24, 2.45) is 0 Å². The average molecular weight is 280 g/mol. The number of rotatable bonds is 3. The number of aliphatic hydroxyl groups excluding tert-OH is 1. The normalized spacial score (nSPS) is 20.4. The summed E-state index contributed by atoms with van der Waals surface area (Å²) in [6.07, 6.45) is 6.54. The molecule has 2 aromatic rings. The van der Waals surface area contributed by atoms with Crippen molar-refractivity contribution in [3.05, 3.63) is 71.6 Å². The summed E-state index contributed by atoms with van der Waals surface area (Å²) in [5, 5.41) is 13.0. The molecule has 0 saturated carbocycles. The Kier molecular flexibility index (Phi) is 3.79. The van der Waals surface area contributed by atoms with Crippen LogP contribution >= 0.6 is 0 Å². The van der Waals surface area contributed by atoms with E-state index >= 15 is 0 Å². The van der Waals surface area contributed by atoms with E-state index in [1.54, 1.807) is 18.5 Å². The van der Waals surface area contributed by atoms with E-state index in [1.807, 2.05) is 36.4 Å². The van der Waals surface area contributed by atoms with Gasteiger partial charge in [-0.1, -0.05) is 30.3 Å². The van der Waals surface area contributed by atoms with Crippen LogP contribution < -0.4 is 5.32 Å². The van der Waals surface area contributed by atoms with Gasteiger partial charge in [0, 0.05) is 24.9 Å². The number of carbonyl (C=O) groups is 1. The Morgan fingerprint density at radius 1 is 1.29 bits per heavy atom. The number of hydrogen-bond acceptors (Lipinski definition) is 3. The topological polar surface area (TPSA) is 62.2 Å². The lowest BCUT2D eigenvalue weighted by atomic mass is 10.1. The Morgan fingerprint density at radius 3 is 2.95 bits per heavy atom. The van der Waals surface area contributed by atoms with Gasteiger partial charge in [-0.2, -0.15) is 0 Å². The van der Waals surface area contributed by atoms with Crippen molar-refractivity contribution in [3.8, 4) is 0 Å². The van der Waals surface area contributed by atoms with Crippen molar-refractivity contribution >= 4 is 12.0 Å². The van der Waals surface area contributed by atoms with Gasteiger partial charge in [-0.25, -0.2) is 0 Å². The lowest BCUT2D eigenvalue weighted by Crippen LogP contribution is -2.32. The van der Waals surface area contributed by atoms with E-state index in [2.05, 4.69) is 10.3 Å². The maximum Gasteiger partial charge on any atom is 0.244 e. The van der Waals surface area contributed by atoms with Crippen molar-refractivity contribution in [2.75, 3.05) is 0 Å². The molecule has 0 spiro atoms. The lowest BCUT2D eigenvalue weighted by molar-refractivity contribution is -0.117. The number of benzene rings is 1. The second-order valence-electron chi connectivity index (χ2n) is 5.08. The highest BCUT2D eigenvalue weighted by molar-refractivity contribution is 5.92. The first-order chi connectivity index (χ1) is 10.2. The van der Waals surface area contributed by atoms with Gasteiger partial charge in [-0.05, 0) is 28.8 Å². The SMILES string of the molecule is O=C(C=Cc1cccnc1)NC1c2ccccc2CC1O. The summed E-state index contributed by atoms with van der Waals surface area (Å²) in [6.45, 7) is 0. The molecule has 3 rings (SSSR count). The summed E-state index contributed by atoms with van der Waals surface area (Å²) < 4.78 is 0. The predicted molar refractivity (Wildman–Crippen MR) is 80.3 cm³/mol. The van der Waals surface area contributed by atoms with Crippen LogP contribution in [0.15, 0.2) is 54.9 Å². The van der Waals surface area contributed by atoms with Gasteiger partial charge in [0.2, 0.25) is 5.91 Å². The fraction of sp³-hybridized carbons (Fsp3) is 0.176. The van der Waals surface area contributed by atoms with Crippen LogP contribution in [0, 0.1) is 0 Å². The van der Waals surface area contributed by atoms with Crippen molar-refractivity contribution < 1.29 is 9.90 Å². The number of fused-ring (bicyclic) bond motifs is 1. The number of amides is 1. The molecule has 2 atom stereocenters. The van der Waals surface area contributed by atoms with E-state index in [-0.39, 0.29) is 11.9 Å². The van der Waals surface area contributed by atoms with E-state index in [9.17, 15) is 9.90 Å². The van der Waals surface area contributed by atoms with E-state index < -0.39 is 6.10 Å². The maximum absolute atomic E-state index is 12.0. The maximum atomic E-state index is 12.0. The first-order valence-electron chi connectivity index (χ1n) is 6.88. The van der Waals surface area contributed by atoms with Gasteiger partial charge < -0.3 is 10.4 Å². The molecule has 2 unspecified atom stereocenters. The fourth-order valence-corrected chi connectivity index (χ4v) is 2.60. The molecule has 0 aliphatic heterocycles. The number of nitrogens with one attached hydrogen (secondary N) is 1. The smallest absolute Gasteiger partial charge is 0.244 e. The second-order valence-corrected chi connectivity index (χ2v) is 5.08. The summed E-state index contributed by atoms with van der Waals surface area (Å²) in [5.74, 6) is -0.223. The Bertz CT molecular complexity index is 668. The molecular formula is C17H16N2O2. The van der Waals surface area contributed by atoms with Gasteiger partial charge >= 0.3 is 0 Å². The first kappa shape index (κ1) is 13.5. The lowest BCUT2D eigenvalue weighted by Gasteiger charge is -2.16. The van der Waals surface area contributed by atoms with Gasteiger partial charge in [0.25, 0.3) is 0 Å². The Morgan fingerprint density at radius 2 is 2.14 bits per heavy atom. The average Bonchev–Trinajstić information content (AvgIpc) is 2.82. The second kappa shape index (κ2) is 5.89. The van der Waals surface area contributed by atoms with E-state index in [4.69, 9.17) is 0 Å². The van der Waals surface area contributed by atoms with Gasteiger partial charge in [-0.3, -0.25) is 9.78 Å². The van der Waals surface area contributed by atoms with Gasteiger partial charge in [0.1, 0.15) is 0 Å². The minimum Gasteiger partial charge on any atom is -0.390 e. The molecule has 0 radical (unpaired) electrons. The molecule has 2 N–H and O–H groups in total. The molecule has 0 fully saturated rings. The third-order valence-electron chi connectivity index (χ3n) is 3.61. The van der Waals surface area contributed by atoms with Crippen LogP contribution in [0.25, 0.3) is 6.08 Å². The molecule has 1 amide bonds. The number of hydrogen-bond donors (Lipinski definition) is 2. The van der Waals surface area contributed by atoms with Crippen LogP contribution in [0.1, 0.15) is 22.7 Å². The Balaban J connectivity index is 1.69. The number of nitrogens with zero attached hydrogens (tertiary/aromatic N) is 1. The molecule has 1 heterocycles. The molecular weight excluding hydrogens is 264 g/mol. The van der Waals surface area contributed by atoms with Crippen molar-refractivity contribution in [1.82, 2.24) is 10.3 Å². The van der Waals surface area contributed by atoms with Crippen molar-refractivity contribution in [1.29, 1.82) is 0 Å². The minimum atomic E-state index is -0.571. The molecule has 106 valence electrons. The molecule has 1 aromatic heterocycles. The number of pyridine rings is 1. The predicted octanol–water partition coefficient (Wildman–Crippen LogP) is 1.87. The number of aliphatic hydroxyl groups is 1. The summed E-state index contributed by atoms with van der Waals surface area (Å²) >= 11 is 0. The zero-order valence-corrected chi connectivity index (χ0v) is 11.4. The van der Waals surface area contributed by atoms with Crippen molar-refractivity contribution in [3.63, 3.8) is 0 Å². The van der Waals surface area contributed by atoms with Gasteiger partial charge in [-0.15, -0.1) is 0 Å². The largest absolute Gasteiger partial charge is 0.390 e. The molecule has 4 heteroatoms. The third kappa shape index (κ3) is 3.01. The first-order valence-corrected chi connectivity index (χ1v) is 6.88. The van der Waals surface area contributed by atoms with Crippen molar-refractivity contribution in [2.45, 2.75) is 18.6 Å². The number of carbonyl (C=O) groups excluding carboxylic acids is 1. The molecule has 1 aliphatic rings. The standard InChI is InChI=1S/C17H16N2O2/c20-15-10-13-5-1-2-6-14(13)17(15)19-16(21)8-7-12-4-3-9-18-11-12/h1-9,11,15,17,20H,10H2,(H,19,21). The van der Waals surface area contributed by atoms with Crippen LogP contribution in [0.4, 0.5) is 0 Å². The summed E-state index contributed by atoms with van der Waals surface area (Å²) in [5.41, 5.74) is 2.94. The minimum absolute atomic E-state index is 0.223. The van der Waals surface area contributed by atoms with Gasteiger partial charge in [0.15, 0.2) is 0 Å². The van der Waals surface area contributed by atoms with Crippen LogP contribution in [-0.4, -0.2) is 22.1 Å². The molecule has 21 heavy (non-hydrogen) atoms. The zero-order chi connectivity index (χ0) is 14.7. The zero-order valence-electron chi connectivity index (χ0n) is 11.4. The summed E-state index contributed by atoms with van der Waals surface area (Å²) in [4.78, 5) is 16.0. The fourth-order valence-electron chi connectivity index (χ4n) is 2.60. The molecule has 4 nitrogen and oxygen atoms in total. The molecule has 0 saturated heterocycles. The van der Waals surface area contributed by atoms with Gasteiger partial charge in [0.05, 0.1) is 12.1 Å². The summed E-state index contributed by atoms with van der Waals surface area (Å²) in [7, 11) is 0. The monoisotopic (exact) mass is 280 g/mol. The van der Waals surface area contributed by atoms with E-state index in [0.29, 0.717) is 6.42 Å². The summed E-state index contributed by atoms with van der Waals surface area (Å²) in [6, 6.07) is 11.1. The van der Waals surface area contributed by atoms with E-state index in [1.165, 1.54) is 6.08 Å². The highest BCUT2D eigenvalue weighted by Gasteiger charge is 2.31. The molecule has 1 aromatic carbocycles. The molecule has 1 aliphatic carbocycles. The van der Waals surface area contributed by atoms with Crippen LogP contribution in [0.5, 0.6) is 0 Å². The molecule has 0 bridgehead atoms. The third-order valence-corrected chi connectivity index (χ3v) is 3.61. The van der Waals surface area contributed by atoms with E-state index in [0.717, 1.165) is 16.7 Å².